The summed E-state index contributed by atoms with van der Waals surface area (Å²) >= 11 is 0. The first-order valence-electron chi connectivity index (χ1n) is 11.2. The van der Waals surface area contributed by atoms with E-state index in [0.717, 1.165) is 35.4 Å². The zero-order valence-electron chi connectivity index (χ0n) is 18.8. The van der Waals surface area contributed by atoms with E-state index in [9.17, 15) is 13.2 Å². The molecular weight excluding hydrogens is 450 g/mol. The van der Waals surface area contributed by atoms with E-state index in [1.54, 1.807) is 19.2 Å². The molecule has 3 aromatic carbocycles. The number of sulfonamides is 1. The number of methoxy groups -OCH3 is 1. The second-order valence-electron chi connectivity index (χ2n) is 8.32. The van der Waals surface area contributed by atoms with Crippen molar-refractivity contribution >= 4 is 27.5 Å². The Morgan fingerprint density at radius 2 is 1.68 bits per heavy atom. The highest BCUT2D eigenvalue weighted by Gasteiger charge is 2.29. The minimum absolute atomic E-state index is 0.124. The number of amides is 1. The van der Waals surface area contributed by atoms with E-state index >= 15 is 0 Å². The molecule has 0 saturated carbocycles. The Bertz CT molecular complexity index is 1360. The average Bonchev–Trinajstić information content (AvgIpc) is 3.54. The van der Waals surface area contributed by atoms with Crippen LogP contribution in [-0.4, -0.2) is 44.7 Å². The normalized spacial score (nSPS) is 17.2. The number of carbonyl (C=O) groups excluding carboxylic acids is 1. The molecule has 0 N–H and O–H groups in total. The van der Waals surface area contributed by atoms with E-state index in [4.69, 9.17) is 4.74 Å². The van der Waals surface area contributed by atoms with Gasteiger partial charge >= 0.3 is 0 Å². The number of hydrogen-bond acceptors (Lipinski definition) is 4. The summed E-state index contributed by atoms with van der Waals surface area (Å²) in [6, 6.07) is 21.6. The lowest BCUT2D eigenvalue weighted by atomic mass is 10.1. The van der Waals surface area contributed by atoms with E-state index in [-0.39, 0.29) is 10.5 Å². The molecule has 0 bridgehead atoms. The molecule has 2 heterocycles. The van der Waals surface area contributed by atoms with E-state index in [2.05, 4.69) is 4.99 Å². The highest BCUT2D eigenvalue weighted by Crippen LogP contribution is 2.30. The Kier molecular flexibility index (Phi) is 5.93. The van der Waals surface area contributed by atoms with Crippen molar-refractivity contribution in [1.82, 2.24) is 4.31 Å². The van der Waals surface area contributed by atoms with Gasteiger partial charge in [0, 0.05) is 29.9 Å². The predicted octanol–water partition coefficient (Wildman–Crippen LogP) is 4.09. The van der Waals surface area contributed by atoms with Gasteiger partial charge in [0.05, 0.1) is 18.6 Å². The summed E-state index contributed by atoms with van der Waals surface area (Å²) < 4.78 is 32.7. The van der Waals surface area contributed by atoms with Crippen LogP contribution in [0.5, 0.6) is 5.75 Å². The summed E-state index contributed by atoms with van der Waals surface area (Å²) in [4.78, 5) is 19.8. The second-order valence-corrected chi connectivity index (χ2v) is 10.3. The van der Waals surface area contributed by atoms with Gasteiger partial charge in [0.15, 0.2) is 0 Å². The van der Waals surface area contributed by atoms with Crippen molar-refractivity contribution in [3.05, 3.63) is 89.5 Å². The number of amidine groups is 1. The van der Waals surface area contributed by atoms with Gasteiger partial charge in [0.1, 0.15) is 11.6 Å². The van der Waals surface area contributed by atoms with Crippen LogP contribution in [-0.2, 0) is 16.6 Å². The lowest BCUT2D eigenvalue weighted by Gasteiger charge is -2.19. The summed E-state index contributed by atoms with van der Waals surface area (Å²) in [5.74, 6) is 0.799. The monoisotopic (exact) mass is 475 g/mol. The molecule has 174 valence electrons. The van der Waals surface area contributed by atoms with Gasteiger partial charge in [0.2, 0.25) is 10.0 Å². The molecule has 2 aliphatic rings. The molecule has 1 amide bonds. The molecule has 0 atom stereocenters. The summed E-state index contributed by atoms with van der Waals surface area (Å²) in [6.45, 7) is 1.60. The van der Waals surface area contributed by atoms with Crippen molar-refractivity contribution in [3.63, 3.8) is 0 Å². The van der Waals surface area contributed by atoms with Crippen LogP contribution in [0.3, 0.4) is 0 Å². The number of benzene rings is 3. The highest BCUT2D eigenvalue weighted by atomic mass is 32.2. The number of carbonyl (C=O) groups is 1. The van der Waals surface area contributed by atoms with Gasteiger partial charge in [0.25, 0.3) is 5.91 Å². The molecule has 0 unspecified atom stereocenters. The van der Waals surface area contributed by atoms with E-state index < -0.39 is 15.9 Å². The Labute approximate surface area is 199 Å². The summed E-state index contributed by atoms with van der Waals surface area (Å²) in [5, 5.41) is 0. The topological polar surface area (TPSA) is 79.3 Å². The van der Waals surface area contributed by atoms with Gasteiger partial charge in [-0.15, -0.1) is 0 Å². The highest BCUT2D eigenvalue weighted by molar-refractivity contribution is 7.89. The Hall–Kier alpha value is -3.49. The number of anilines is 1. The van der Waals surface area contributed by atoms with Crippen LogP contribution < -0.4 is 9.64 Å². The molecule has 34 heavy (non-hydrogen) atoms. The summed E-state index contributed by atoms with van der Waals surface area (Å²) in [6.07, 6.45) is 1.71. The third kappa shape index (κ3) is 4.10. The molecule has 8 heteroatoms. The van der Waals surface area contributed by atoms with Gasteiger partial charge in [-0.3, -0.25) is 4.79 Å². The third-order valence-corrected chi connectivity index (χ3v) is 8.11. The zero-order valence-corrected chi connectivity index (χ0v) is 19.7. The molecule has 1 fully saturated rings. The first-order chi connectivity index (χ1) is 16.5. The van der Waals surface area contributed by atoms with Crippen molar-refractivity contribution in [2.45, 2.75) is 24.3 Å². The standard InChI is InChI=1S/C26H25N3O4S/c1-33-22-13-11-21(12-14-22)29-18-20-7-2-3-10-24(20)25(29)27-26(30)19-8-6-9-23(17-19)34(31,32)28-15-4-5-16-28/h2-3,6-14,17H,4-5,15-16,18H2,1H3. The van der Waals surface area contributed by atoms with Crippen LogP contribution in [0.2, 0.25) is 0 Å². The van der Waals surface area contributed by atoms with E-state index in [1.807, 2.05) is 53.4 Å². The maximum absolute atomic E-state index is 13.2. The molecule has 0 spiro atoms. The maximum Gasteiger partial charge on any atom is 0.279 e. The molecule has 0 aliphatic carbocycles. The van der Waals surface area contributed by atoms with E-state index in [1.165, 1.54) is 16.4 Å². The lowest BCUT2D eigenvalue weighted by Crippen LogP contribution is -2.28. The molecule has 3 aromatic rings. The van der Waals surface area contributed by atoms with Gasteiger partial charge in [-0.1, -0.05) is 30.3 Å². The van der Waals surface area contributed by atoms with E-state index in [0.29, 0.717) is 25.5 Å². The molecule has 5 rings (SSSR count). The zero-order chi connectivity index (χ0) is 23.7. The summed E-state index contributed by atoms with van der Waals surface area (Å²) in [7, 11) is -2.01. The number of nitrogens with zero attached hydrogens (tertiary/aromatic N) is 3. The number of rotatable bonds is 5. The first kappa shape index (κ1) is 22.3. The number of fused-ring (bicyclic) bond motifs is 1. The molecule has 7 nitrogen and oxygen atoms in total. The van der Waals surface area contributed by atoms with Crippen molar-refractivity contribution in [2.75, 3.05) is 25.1 Å². The van der Waals surface area contributed by atoms with Crippen molar-refractivity contribution < 1.29 is 17.9 Å². The van der Waals surface area contributed by atoms with Crippen LogP contribution in [0.4, 0.5) is 5.69 Å². The van der Waals surface area contributed by atoms with Gasteiger partial charge in [-0.2, -0.15) is 9.30 Å². The fraction of sp³-hybridized carbons (Fsp3) is 0.231. The van der Waals surface area contributed by atoms with Crippen LogP contribution in [0.1, 0.15) is 34.3 Å². The Morgan fingerprint density at radius 3 is 2.41 bits per heavy atom. The van der Waals surface area contributed by atoms with Crippen molar-refractivity contribution in [3.8, 4) is 5.75 Å². The largest absolute Gasteiger partial charge is 0.497 e. The average molecular weight is 476 g/mol. The fourth-order valence-electron chi connectivity index (χ4n) is 4.39. The molecule has 2 aliphatic heterocycles. The van der Waals surface area contributed by atoms with Gasteiger partial charge < -0.3 is 9.64 Å². The number of hydrogen-bond donors (Lipinski definition) is 0. The molecule has 0 aromatic heterocycles. The van der Waals surface area contributed by atoms with Crippen LogP contribution in [0, 0.1) is 0 Å². The molecular formula is C26H25N3O4S. The number of ether oxygens (including phenoxy) is 1. The predicted molar refractivity (Wildman–Crippen MR) is 131 cm³/mol. The second kappa shape index (κ2) is 9.04. The fourth-order valence-corrected chi connectivity index (χ4v) is 5.95. The Balaban J connectivity index is 1.51. The minimum atomic E-state index is -3.62. The molecule has 0 radical (unpaired) electrons. The van der Waals surface area contributed by atoms with Crippen molar-refractivity contribution in [2.24, 2.45) is 4.99 Å². The number of aliphatic imine (C=N–C) groups is 1. The summed E-state index contributed by atoms with van der Waals surface area (Å²) in [5.41, 5.74) is 3.07. The van der Waals surface area contributed by atoms with Crippen LogP contribution in [0.25, 0.3) is 0 Å². The quantitative estimate of drug-likeness (QED) is 0.555. The SMILES string of the molecule is COc1ccc(N2Cc3ccccc3C2=NC(=O)c2cccc(S(=O)(=O)N3CCCC3)c2)cc1. The van der Waals surface area contributed by atoms with Crippen LogP contribution in [0.15, 0.2) is 82.7 Å². The smallest absolute Gasteiger partial charge is 0.279 e. The molecule has 1 saturated heterocycles. The first-order valence-corrected chi connectivity index (χ1v) is 12.6. The van der Waals surface area contributed by atoms with Gasteiger partial charge in [-0.25, -0.2) is 8.42 Å². The van der Waals surface area contributed by atoms with Gasteiger partial charge in [-0.05, 0) is 60.9 Å². The lowest BCUT2D eigenvalue weighted by molar-refractivity contribution is 0.100. The maximum atomic E-state index is 13.2. The van der Waals surface area contributed by atoms with Crippen molar-refractivity contribution in [1.29, 1.82) is 0 Å². The third-order valence-electron chi connectivity index (χ3n) is 6.22. The van der Waals surface area contributed by atoms with Crippen LogP contribution >= 0.6 is 0 Å². The minimum Gasteiger partial charge on any atom is -0.497 e. The Morgan fingerprint density at radius 1 is 0.941 bits per heavy atom.